The second-order valence-electron chi connectivity index (χ2n) is 3.71. The van der Waals surface area contributed by atoms with Crippen LogP contribution < -0.4 is 15.8 Å². The van der Waals surface area contributed by atoms with Gasteiger partial charge in [0, 0.05) is 11.6 Å². The number of aliphatic imine (C=N–C) groups is 1. The summed E-state index contributed by atoms with van der Waals surface area (Å²) < 4.78 is 4.98. The molecule has 1 atom stereocenters. The number of carbonyl (C=O) groups excluding carboxylic acids is 1. The van der Waals surface area contributed by atoms with Gasteiger partial charge >= 0.3 is 0 Å². The fraction of sp³-hybridized carbons (Fsp3) is 0.273. The molecule has 4 N–H and O–H groups in total. The molecule has 1 aromatic rings. The summed E-state index contributed by atoms with van der Waals surface area (Å²) in [6.07, 6.45) is 0.167. The van der Waals surface area contributed by atoms with Crippen molar-refractivity contribution in [3.8, 4) is 11.5 Å². The van der Waals surface area contributed by atoms with Gasteiger partial charge in [-0.3, -0.25) is 10.1 Å². The SMILES string of the molecule is COc1ccc(C2CC(=O)NC(N)=N2)c(O)c1. The van der Waals surface area contributed by atoms with Gasteiger partial charge in [0.15, 0.2) is 5.96 Å². The third kappa shape index (κ3) is 2.30. The van der Waals surface area contributed by atoms with Gasteiger partial charge in [-0.1, -0.05) is 0 Å². The molecule has 1 aliphatic rings. The fourth-order valence-electron chi connectivity index (χ4n) is 1.73. The molecule has 0 bridgehead atoms. The number of nitrogens with two attached hydrogens (primary N) is 1. The number of methoxy groups -OCH3 is 1. The Morgan fingerprint density at radius 2 is 2.35 bits per heavy atom. The number of amides is 1. The van der Waals surface area contributed by atoms with E-state index in [0.717, 1.165) is 0 Å². The zero-order valence-electron chi connectivity index (χ0n) is 9.30. The van der Waals surface area contributed by atoms with Crippen molar-refractivity contribution in [1.82, 2.24) is 5.32 Å². The Balaban J connectivity index is 2.34. The third-order valence-electron chi connectivity index (χ3n) is 2.54. The molecule has 1 unspecified atom stereocenters. The highest BCUT2D eigenvalue weighted by molar-refractivity contribution is 5.98. The molecule has 0 saturated carbocycles. The first kappa shape index (κ1) is 11.3. The molecule has 1 amide bonds. The molecule has 0 aromatic heterocycles. The van der Waals surface area contributed by atoms with Gasteiger partial charge in [-0.25, -0.2) is 4.99 Å². The maximum Gasteiger partial charge on any atom is 0.229 e. The van der Waals surface area contributed by atoms with Crippen LogP contribution >= 0.6 is 0 Å². The molecular weight excluding hydrogens is 222 g/mol. The monoisotopic (exact) mass is 235 g/mol. The zero-order valence-corrected chi connectivity index (χ0v) is 9.30. The number of aromatic hydroxyl groups is 1. The first-order chi connectivity index (χ1) is 8.10. The smallest absolute Gasteiger partial charge is 0.229 e. The van der Waals surface area contributed by atoms with Gasteiger partial charge in [-0.05, 0) is 12.1 Å². The first-order valence-electron chi connectivity index (χ1n) is 5.10. The van der Waals surface area contributed by atoms with Crippen LogP contribution in [0.15, 0.2) is 23.2 Å². The van der Waals surface area contributed by atoms with E-state index in [0.29, 0.717) is 11.3 Å². The largest absolute Gasteiger partial charge is 0.507 e. The summed E-state index contributed by atoms with van der Waals surface area (Å²) in [6.45, 7) is 0. The van der Waals surface area contributed by atoms with E-state index in [4.69, 9.17) is 10.5 Å². The van der Waals surface area contributed by atoms with Crippen LogP contribution in [-0.2, 0) is 4.79 Å². The van der Waals surface area contributed by atoms with E-state index < -0.39 is 6.04 Å². The van der Waals surface area contributed by atoms with Gasteiger partial charge in [0.05, 0.1) is 19.6 Å². The Labute approximate surface area is 98.1 Å². The molecule has 2 rings (SSSR count). The molecule has 90 valence electrons. The van der Waals surface area contributed by atoms with Gasteiger partial charge in [-0.2, -0.15) is 0 Å². The molecule has 1 aromatic carbocycles. The van der Waals surface area contributed by atoms with E-state index >= 15 is 0 Å². The number of benzene rings is 1. The Bertz CT molecular complexity index is 485. The molecule has 0 spiro atoms. The molecule has 6 heteroatoms. The standard InChI is InChI=1S/C11H13N3O3/c1-17-6-2-3-7(9(15)4-6)8-5-10(16)14-11(12)13-8/h2-4,8,15H,5H2,1H3,(H3,12,13,14,16). The molecule has 6 nitrogen and oxygen atoms in total. The number of carbonyl (C=O) groups is 1. The number of rotatable bonds is 2. The highest BCUT2D eigenvalue weighted by Gasteiger charge is 2.23. The molecule has 0 radical (unpaired) electrons. The topological polar surface area (TPSA) is 96.9 Å². The summed E-state index contributed by atoms with van der Waals surface area (Å²) in [6, 6.07) is 4.41. The highest BCUT2D eigenvalue weighted by atomic mass is 16.5. The van der Waals surface area contributed by atoms with Crippen LogP contribution in [0.3, 0.4) is 0 Å². The summed E-state index contributed by atoms with van der Waals surface area (Å²) in [5, 5.41) is 12.2. The van der Waals surface area contributed by atoms with E-state index in [9.17, 15) is 9.90 Å². The summed E-state index contributed by atoms with van der Waals surface area (Å²) in [5.74, 6) is 0.447. The molecular formula is C11H13N3O3. The van der Waals surface area contributed by atoms with Gasteiger partial charge < -0.3 is 15.6 Å². The first-order valence-corrected chi connectivity index (χ1v) is 5.10. The number of hydrogen-bond acceptors (Lipinski definition) is 5. The average Bonchev–Trinajstić information content (AvgIpc) is 2.27. The molecule has 0 aliphatic carbocycles. The van der Waals surface area contributed by atoms with E-state index in [-0.39, 0.29) is 24.0 Å². The van der Waals surface area contributed by atoms with Crippen molar-refractivity contribution in [2.24, 2.45) is 10.7 Å². The number of guanidine groups is 1. The molecule has 0 fully saturated rings. The van der Waals surface area contributed by atoms with Crippen LogP contribution in [0.2, 0.25) is 0 Å². The van der Waals surface area contributed by atoms with Gasteiger partial charge in [-0.15, -0.1) is 0 Å². The van der Waals surface area contributed by atoms with Crippen molar-refractivity contribution in [2.75, 3.05) is 7.11 Å². The minimum Gasteiger partial charge on any atom is -0.507 e. The normalized spacial score (nSPS) is 19.5. The lowest BCUT2D eigenvalue weighted by molar-refractivity contribution is -0.120. The van der Waals surface area contributed by atoms with Gasteiger partial charge in [0.25, 0.3) is 0 Å². The molecule has 1 heterocycles. The lowest BCUT2D eigenvalue weighted by Gasteiger charge is -2.19. The molecule has 17 heavy (non-hydrogen) atoms. The number of hydrogen-bond donors (Lipinski definition) is 3. The van der Waals surface area contributed by atoms with Crippen LogP contribution in [-0.4, -0.2) is 24.1 Å². The van der Waals surface area contributed by atoms with Crippen LogP contribution in [0.5, 0.6) is 11.5 Å². The summed E-state index contributed by atoms with van der Waals surface area (Å²) >= 11 is 0. The predicted octanol–water partition coefficient (Wildman–Crippen LogP) is 0.277. The Morgan fingerprint density at radius 3 is 2.94 bits per heavy atom. The van der Waals surface area contributed by atoms with Crippen molar-refractivity contribution in [3.63, 3.8) is 0 Å². The summed E-state index contributed by atoms with van der Waals surface area (Å²) in [4.78, 5) is 15.4. The average molecular weight is 235 g/mol. The third-order valence-corrected chi connectivity index (χ3v) is 2.54. The predicted molar refractivity (Wildman–Crippen MR) is 61.8 cm³/mol. The van der Waals surface area contributed by atoms with E-state index in [2.05, 4.69) is 10.3 Å². The zero-order chi connectivity index (χ0) is 12.4. The van der Waals surface area contributed by atoms with Gasteiger partial charge in [0.2, 0.25) is 5.91 Å². The van der Waals surface area contributed by atoms with Crippen molar-refractivity contribution < 1.29 is 14.6 Å². The molecule has 0 saturated heterocycles. The van der Waals surface area contributed by atoms with E-state index in [1.165, 1.54) is 13.2 Å². The lowest BCUT2D eigenvalue weighted by Crippen LogP contribution is -2.41. The van der Waals surface area contributed by atoms with Crippen molar-refractivity contribution in [3.05, 3.63) is 23.8 Å². The number of phenolic OH excluding ortho intramolecular Hbond substituents is 1. The second kappa shape index (κ2) is 4.32. The number of phenols is 1. The van der Waals surface area contributed by atoms with Crippen LogP contribution in [0.1, 0.15) is 18.0 Å². The number of nitrogens with zero attached hydrogens (tertiary/aromatic N) is 1. The molecule has 1 aliphatic heterocycles. The summed E-state index contributed by atoms with van der Waals surface area (Å²) in [7, 11) is 1.51. The van der Waals surface area contributed by atoms with E-state index in [1.54, 1.807) is 12.1 Å². The fourth-order valence-corrected chi connectivity index (χ4v) is 1.73. The quantitative estimate of drug-likeness (QED) is 0.685. The second-order valence-corrected chi connectivity index (χ2v) is 3.71. The lowest BCUT2D eigenvalue weighted by atomic mass is 10.0. The minimum atomic E-state index is -0.449. The highest BCUT2D eigenvalue weighted by Crippen LogP contribution is 2.33. The Kier molecular flexibility index (Phi) is 2.86. The van der Waals surface area contributed by atoms with Crippen LogP contribution in [0.25, 0.3) is 0 Å². The van der Waals surface area contributed by atoms with Crippen molar-refractivity contribution in [2.45, 2.75) is 12.5 Å². The van der Waals surface area contributed by atoms with Crippen molar-refractivity contribution >= 4 is 11.9 Å². The number of ether oxygens (including phenoxy) is 1. The van der Waals surface area contributed by atoms with Gasteiger partial charge in [0.1, 0.15) is 11.5 Å². The van der Waals surface area contributed by atoms with Crippen LogP contribution in [0, 0.1) is 0 Å². The van der Waals surface area contributed by atoms with Crippen LogP contribution in [0.4, 0.5) is 0 Å². The maximum absolute atomic E-state index is 11.3. The number of nitrogens with one attached hydrogen (secondary N) is 1. The summed E-state index contributed by atoms with van der Waals surface area (Å²) in [5.41, 5.74) is 6.03. The Morgan fingerprint density at radius 1 is 1.59 bits per heavy atom. The Hall–Kier alpha value is -2.24. The van der Waals surface area contributed by atoms with E-state index in [1.807, 2.05) is 0 Å². The maximum atomic E-state index is 11.3. The minimum absolute atomic E-state index is 0.0422. The van der Waals surface area contributed by atoms with Crippen molar-refractivity contribution in [1.29, 1.82) is 0 Å².